The summed E-state index contributed by atoms with van der Waals surface area (Å²) in [5, 5.41) is 18.5. The molecule has 0 aliphatic heterocycles. The minimum atomic E-state index is -0.735. The number of H-pyrrole nitrogens is 1. The summed E-state index contributed by atoms with van der Waals surface area (Å²) in [6.45, 7) is 2.41. The Labute approximate surface area is 137 Å². The van der Waals surface area contributed by atoms with Crippen molar-refractivity contribution in [3.05, 3.63) is 45.5 Å². The number of hydrogen-bond donors (Lipinski definition) is 2. The van der Waals surface area contributed by atoms with Gasteiger partial charge in [-0.05, 0) is 24.1 Å². The van der Waals surface area contributed by atoms with Crippen molar-refractivity contribution in [3.63, 3.8) is 0 Å². The summed E-state index contributed by atoms with van der Waals surface area (Å²) in [5.41, 5.74) is 4.72. The molecule has 0 aliphatic carbocycles. The van der Waals surface area contributed by atoms with E-state index in [1.54, 1.807) is 6.07 Å². The number of anilines is 1. The lowest BCUT2D eigenvalue weighted by Crippen LogP contribution is -2.16. The highest BCUT2D eigenvalue weighted by Crippen LogP contribution is 2.31. The standard InChI is InChI=1S/C17H15FN4O2/c1-2-3-4-24-12-6-10(5-11(18)7-12)15-13(8-19)16(21)22-17(23)14(15)9-20/h5-7H,2-4H2,1H3,(H3,21,22,23). The molecule has 2 rings (SSSR count). The van der Waals surface area contributed by atoms with Crippen molar-refractivity contribution < 1.29 is 9.13 Å². The van der Waals surface area contributed by atoms with Crippen molar-refractivity contribution in [2.24, 2.45) is 0 Å². The molecule has 0 aliphatic rings. The molecule has 0 spiro atoms. The van der Waals surface area contributed by atoms with Gasteiger partial charge in [-0.25, -0.2) is 4.39 Å². The number of halogens is 1. The highest BCUT2D eigenvalue weighted by Gasteiger charge is 2.19. The van der Waals surface area contributed by atoms with E-state index in [4.69, 9.17) is 10.5 Å². The molecule has 6 nitrogen and oxygen atoms in total. The zero-order valence-electron chi connectivity index (χ0n) is 13.0. The maximum absolute atomic E-state index is 13.9. The minimum absolute atomic E-state index is 0.00101. The molecule has 3 N–H and O–H groups in total. The van der Waals surface area contributed by atoms with Gasteiger partial charge in [0.2, 0.25) is 0 Å². The maximum Gasteiger partial charge on any atom is 0.268 e. The number of aromatic nitrogens is 1. The molecule has 0 unspecified atom stereocenters. The lowest BCUT2D eigenvalue weighted by atomic mass is 9.96. The van der Waals surface area contributed by atoms with Crippen molar-refractivity contribution >= 4 is 5.82 Å². The summed E-state index contributed by atoms with van der Waals surface area (Å²) < 4.78 is 19.4. The van der Waals surface area contributed by atoms with Gasteiger partial charge < -0.3 is 15.5 Å². The quantitative estimate of drug-likeness (QED) is 0.819. The van der Waals surface area contributed by atoms with Crippen LogP contribution in [0.3, 0.4) is 0 Å². The van der Waals surface area contributed by atoms with E-state index in [-0.39, 0.29) is 33.8 Å². The lowest BCUT2D eigenvalue weighted by Gasteiger charge is -2.11. The summed E-state index contributed by atoms with van der Waals surface area (Å²) in [6, 6.07) is 7.40. The number of ether oxygens (including phenoxy) is 1. The van der Waals surface area contributed by atoms with Crippen molar-refractivity contribution in [2.45, 2.75) is 19.8 Å². The Morgan fingerprint density at radius 3 is 2.58 bits per heavy atom. The molecule has 0 atom stereocenters. The first-order chi connectivity index (χ1) is 11.5. The predicted molar refractivity (Wildman–Crippen MR) is 86.7 cm³/mol. The van der Waals surface area contributed by atoms with Gasteiger partial charge >= 0.3 is 0 Å². The zero-order valence-corrected chi connectivity index (χ0v) is 13.0. The van der Waals surface area contributed by atoms with Crippen LogP contribution in [0, 0.1) is 28.5 Å². The van der Waals surface area contributed by atoms with Gasteiger partial charge in [0.25, 0.3) is 5.56 Å². The Bertz CT molecular complexity index is 907. The maximum atomic E-state index is 13.9. The number of nitrogens with one attached hydrogen (secondary N) is 1. The fraction of sp³-hybridized carbons (Fsp3) is 0.235. The monoisotopic (exact) mass is 326 g/mol. The second-order valence-corrected chi connectivity index (χ2v) is 5.09. The van der Waals surface area contributed by atoms with Gasteiger partial charge in [0.1, 0.15) is 40.6 Å². The Morgan fingerprint density at radius 1 is 1.25 bits per heavy atom. The molecule has 0 saturated carbocycles. The van der Waals surface area contributed by atoms with Crippen LogP contribution >= 0.6 is 0 Å². The smallest absolute Gasteiger partial charge is 0.268 e. The third-order valence-electron chi connectivity index (χ3n) is 3.39. The van der Waals surface area contributed by atoms with Gasteiger partial charge in [0.05, 0.1) is 6.61 Å². The van der Waals surface area contributed by atoms with Crippen LogP contribution < -0.4 is 16.0 Å². The van der Waals surface area contributed by atoms with E-state index in [0.29, 0.717) is 6.61 Å². The number of nitrogens with zero attached hydrogens (tertiary/aromatic N) is 2. The number of rotatable bonds is 5. The Kier molecular flexibility index (Phi) is 5.18. The largest absolute Gasteiger partial charge is 0.493 e. The molecular formula is C17H15FN4O2. The van der Waals surface area contributed by atoms with Crippen LogP contribution in [-0.2, 0) is 0 Å². The first-order valence-electron chi connectivity index (χ1n) is 7.31. The normalized spacial score (nSPS) is 10.0. The fourth-order valence-electron chi connectivity index (χ4n) is 2.26. The average Bonchev–Trinajstić information content (AvgIpc) is 2.54. The SMILES string of the molecule is CCCCOc1cc(F)cc(-c2c(C#N)c(N)[nH]c(=O)c2C#N)c1. The van der Waals surface area contributed by atoms with Crippen molar-refractivity contribution in [1.82, 2.24) is 4.98 Å². The van der Waals surface area contributed by atoms with E-state index in [1.807, 2.05) is 13.0 Å². The number of nitrogen functional groups attached to an aromatic ring is 1. The average molecular weight is 326 g/mol. The van der Waals surface area contributed by atoms with Crippen LogP contribution in [0.4, 0.5) is 10.2 Å². The van der Waals surface area contributed by atoms with Crippen LogP contribution in [0.15, 0.2) is 23.0 Å². The van der Waals surface area contributed by atoms with Crippen LogP contribution in [-0.4, -0.2) is 11.6 Å². The molecule has 1 aromatic carbocycles. The van der Waals surface area contributed by atoms with E-state index in [1.165, 1.54) is 12.1 Å². The zero-order chi connectivity index (χ0) is 17.7. The van der Waals surface area contributed by atoms with Crippen molar-refractivity contribution in [2.75, 3.05) is 12.3 Å². The van der Waals surface area contributed by atoms with Crippen molar-refractivity contribution in [1.29, 1.82) is 10.5 Å². The predicted octanol–water partition coefficient (Wildman–Crippen LogP) is 2.69. The van der Waals surface area contributed by atoms with Crippen LogP contribution in [0.5, 0.6) is 5.75 Å². The molecule has 24 heavy (non-hydrogen) atoms. The molecule has 0 bridgehead atoms. The second kappa shape index (κ2) is 7.30. The number of nitriles is 2. The topological polar surface area (TPSA) is 116 Å². The van der Waals surface area contributed by atoms with Gasteiger partial charge in [0, 0.05) is 11.6 Å². The first-order valence-corrected chi connectivity index (χ1v) is 7.31. The number of hydrogen-bond acceptors (Lipinski definition) is 5. The summed E-state index contributed by atoms with van der Waals surface area (Å²) in [5.74, 6) is -0.523. The third kappa shape index (κ3) is 3.36. The molecular weight excluding hydrogens is 311 g/mol. The first kappa shape index (κ1) is 17.0. The third-order valence-corrected chi connectivity index (χ3v) is 3.39. The number of nitrogens with two attached hydrogens (primary N) is 1. The van der Waals surface area contributed by atoms with Gasteiger partial charge in [-0.2, -0.15) is 10.5 Å². The van der Waals surface area contributed by atoms with E-state index >= 15 is 0 Å². The Balaban J connectivity index is 2.66. The minimum Gasteiger partial charge on any atom is -0.493 e. The van der Waals surface area contributed by atoms with E-state index in [0.717, 1.165) is 18.9 Å². The van der Waals surface area contributed by atoms with Crippen LogP contribution in [0.25, 0.3) is 11.1 Å². The van der Waals surface area contributed by atoms with Crippen molar-refractivity contribution in [3.8, 4) is 29.0 Å². The fourth-order valence-corrected chi connectivity index (χ4v) is 2.26. The molecule has 1 aromatic heterocycles. The van der Waals surface area contributed by atoms with E-state index in [9.17, 15) is 19.7 Å². The molecule has 1 heterocycles. The van der Waals surface area contributed by atoms with E-state index < -0.39 is 11.4 Å². The summed E-state index contributed by atoms with van der Waals surface area (Å²) >= 11 is 0. The molecule has 7 heteroatoms. The van der Waals surface area contributed by atoms with Crippen LogP contribution in [0.2, 0.25) is 0 Å². The Hall–Kier alpha value is -3.32. The number of pyridine rings is 1. The molecule has 122 valence electrons. The lowest BCUT2D eigenvalue weighted by molar-refractivity contribution is 0.308. The van der Waals surface area contributed by atoms with E-state index in [2.05, 4.69) is 4.98 Å². The van der Waals surface area contributed by atoms with Gasteiger partial charge in [0.15, 0.2) is 0 Å². The summed E-state index contributed by atoms with van der Waals surface area (Å²) in [4.78, 5) is 14.2. The summed E-state index contributed by atoms with van der Waals surface area (Å²) in [7, 11) is 0. The second-order valence-electron chi connectivity index (χ2n) is 5.09. The van der Waals surface area contributed by atoms with Crippen LogP contribution in [0.1, 0.15) is 30.9 Å². The highest BCUT2D eigenvalue weighted by molar-refractivity contribution is 5.80. The highest BCUT2D eigenvalue weighted by atomic mass is 19.1. The summed E-state index contributed by atoms with van der Waals surface area (Å²) in [6.07, 6.45) is 1.72. The molecule has 2 aromatic rings. The molecule has 0 fully saturated rings. The number of unbranched alkanes of at least 4 members (excludes halogenated alkanes) is 1. The van der Waals surface area contributed by atoms with Gasteiger partial charge in [-0.3, -0.25) is 4.79 Å². The molecule has 0 saturated heterocycles. The van der Waals surface area contributed by atoms with Gasteiger partial charge in [-0.15, -0.1) is 0 Å². The number of benzene rings is 1. The molecule has 0 amide bonds. The molecule has 0 radical (unpaired) electrons. The Morgan fingerprint density at radius 2 is 1.96 bits per heavy atom. The number of aromatic amines is 1. The van der Waals surface area contributed by atoms with Gasteiger partial charge in [-0.1, -0.05) is 13.3 Å².